The zero-order valence-electron chi connectivity index (χ0n) is 12.4. The third kappa shape index (κ3) is 4.59. The van der Waals surface area contributed by atoms with E-state index in [0.717, 1.165) is 32.3 Å². The predicted molar refractivity (Wildman–Crippen MR) is 85.9 cm³/mol. The van der Waals surface area contributed by atoms with Crippen molar-refractivity contribution < 1.29 is 13.2 Å². The van der Waals surface area contributed by atoms with Crippen LogP contribution in [0.2, 0.25) is 5.02 Å². The molecule has 1 aromatic rings. The van der Waals surface area contributed by atoms with Crippen molar-refractivity contribution in [1.29, 1.82) is 0 Å². The lowest BCUT2D eigenvalue weighted by Crippen LogP contribution is -2.34. The molecule has 0 saturated carbocycles. The summed E-state index contributed by atoms with van der Waals surface area (Å²) >= 11 is 6.17. The first kappa shape index (κ1) is 16.6. The van der Waals surface area contributed by atoms with E-state index < -0.39 is 9.84 Å². The van der Waals surface area contributed by atoms with Crippen LogP contribution in [0.15, 0.2) is 23.1 Å². The number of ether oxygens (including phenoxy) is 1. The van der Waals surface area contributed by atoms with Crippen LogP contribution in [0.4, 0.5) is 5.69 Å². The molecule has 1 N–H and O–H groups in total. The van der Waals surface area contributed by atoms with Gasteiger partial charge in [0.25, 0.3) is 0 Å². The van der Waals surface area contributed by atoms with Crippen molar-refractivity contribution in [1.82, 2.24) is 0 Å². The van der Waals surface area contributed by atoms with E-state index >= 15 is 0 Å². The fraction of sp³-hybridized carbons (Fsp3) is 0.600. The van der Waals surface area contributed by atoms with Crippen molar-refractivity contribution in [2.45, 2.75) is 49.6 Å². The lowest BCUT2D eigenvalue weighted by atomic mass is 10.00. The van der Waals surface area contributed by atoms with Crippen LogP contribution in [0.5, 0.6) is 0 Å². The standard InChI is InChI=1S/C15H22ClNO3S/c1-3-4-12-9-11(7-8-20-12)17-15-10-13(21(2,18)19)5-6-14(15)16/h5-6,10-12,17H,3-4,7-9H2,1-2H3. The van der Waals surface area contributed by atoms with Crippen LogP contribution >= 0.6 is 11.6 Å². The fourth-order valence-electron chi connectivity index (χ4n) is 2.60. The smallest absolute Gasteiger partial charge is 0.175 e. The second-order valence-corrected chi connectivity index (χ2v) is 7.98. The van der Waals surface area contributed by atoms with Gasteiger partial charge in [-0.25, -0.2) is 8.42 Å². The molecule has 2 rings (SSSR count). The van der Waals surface area contributed by atoms with Crippen molar-refractivity contribution in [3.8, 4) is 0 Å². The monoisotopic (exact) mass is 331 g/mol. The Morgan fingerprint density at radius 2 is 2.19 bits per heavy atom. The molecular formula is C15H22ClNO3S. The number of hydrogen-bond acceptors (Lipinski definition) is 4. The van der Waals surface area contributed by atoms with Crippen molar-refractivity contribution in [3.05, 3.63) is 23.2 Å². The summed E-state index contributed by atoms with van der Waals surface area (Å²) in [6.07, 6.45) is 5.45. The number of hydrogen-bond donors (Lipinski definition) is 1. The summed E-state index contributed by atoms with van der Waals surface area (Å²) in [5, 5.41) is 3.92. The SMILES string of the molecule is CCCC1CC(Nc2cc(S(C)(=O)=O)ccc2Cl)CCO1. The van der Waals surface area contributed by atoms with Crippen LogP contribution in [0.25, 0.3) is 0 Å². The number of benzene rings is 1. The average Bonchev–Trinajstić information content (AvgIpc) is 2.41. The highest BCUT2D eigenvalue weighted by Crippen LogP contribution is 2.28. The first-order chi connectivity index (χ1) is 9.90. The molecule has 0 aromatic heterocycles. The van der Waals surface area contributed by atoms with E-state index in [9.17, 15) is 8.42 Å². The lowest BCUT2D eigenvalue weighted by Gasteiger charge is -2.31. The van der Waals surface area contributed by atoms with Gasteiger partial charge in [-0.1, -0.05) is 24.9 Å². The van der Waals surface area contributed by atoms with E-state index in [-0.39, 0.29) is 17.0 Å². The Kier molecular flexibility index (Phi) is 5.52. The zero-order chi connectivity index (χ0) is 15.5. The van der Waals surface area contributed by atoms with E-state index in [1.807, 2.05) is 0 Å². The molecule has 21 heavy (non-hydrogen) atoms. The topological polar surface area (TPSA) is 55.4 Å². The molecule has 0 spiro atoms. The molecule has 0 amide bonds. The van der Waals surface area contributed by atoms with E-state index in [4.69, 9.17) is 16.3 Å². The fourth-order valence-corrected chi connectivity index (χ4v) is 3.42. The molecule has 0 bridgehead atoms. The maximum absolute atomic E-state index is 11.6. The number of rotatable bonds is 5. The minimum absolute atomic E-state index is 0.266. The molecule has 0 radical (unpaired) electrons. The Labute approximate surface area is 131 Å². The molecule has 2 atom stereocenters. The van der Waals surface area contributed by atoms with Gasteiger partial charge in [0, 0.05) is 18.9 Å². The normalized spacial score (nSPS) is 23.0. The van der Waals surface area contributed by atoms with Gasteiger partial charge in [0.1, 0.15) is 0 Å². The number of nitrogens with one attached hydrogen (secondary N) is 1. The first-order valence-electron chi connectivity index (χ1n) is 7.28. The van der Waals surface area contributed by atoms with Crippen LogP contribution in [0.3, 0.4) is 0 Å². The minimum Gasteiger partial charge on any atom is -0.381 e. The highest BCUT2D eigenvalue weighted by atomic mass is 35.5. The second kappa shape index (κ2) is 6.99. The van der Waals surface area contributed by atoms with Crippen molar-refractivity contribution in [2.24, 2.45) is 0 Å². The number of anilines is 1. The molecule has 1 fully saturated rings. The van der Waals surface area contributed by atoms with E-state index in [1.165, 1.54) is 12.3 Å². The van der Waals surface area contributed by atoms with Gasteiger partial charge in [0.2, 0.25) is 0 Å². The van der Waals surface area contributed by atoms with Crippen molar-refractivity contribution >= 4 is 27.1 Å². The van der Waals surface area contributed by atoms with Gasteiger partial charge >= 0.3 is 0 Å². The van der Waals surface area contributed by atoms with E-state index in [2.05, 4.69) is 12.2 Å². The van der Waals surface area contributed by atoms with Crippen LogP contribution in [0.1, 0.15) is 32.6 Å². The predicted octanol–water partition coefficient (Wildman–Crippen LogP) is 3.50. The Morgan fingerprint density at radius 1 is 1.43 bits per heavy atom. The van der Waals surface area contributed by atoms with Gasteiger partial charge < -0.3 is 10.1 Å². The summed E-state index contributed by atoms with van der Waals surface area (Å²) in [7, 11) is -3.23. The maximum atomic E-state index is 11.6. The largest absolute Gasteiger partial charge is 0.381 e. The van der Waals surface area contributed by atoms with Gasteiger partial charge in [-0.15, -0.1) is 0 Å². The van der Waals surface area contributed by atoms with Crippen molar-refractivity contribution in [3.63, 3.8) is 0 Å². The molecule has 6 heteroatoms. The van der Waals surface area contributed by atoms with Gasteiger partial charge in [-0.05, 0) is 37.5 Å². The summed E-state index contributed by atoms with van der Waals surface area (Å²) in [6, 6.07) is 5.04. The lowest BCUT2D eigenvalue weighted by molar-refractivity contribution is 0.00597. The molecule has 118 valence electrons. The Morgan fingerprint density at radius 3 is 2.86 bits per heavy atom. The molecule has 1 aromatic carbocycles. The summed E-state index contributed by atoms with van der Waals surface area (Å²) in [6.45, 7) is 2.87. The number of halogens is 1. The van der Waals surface area contributed by atoms with Crippen LogP contribution in [0, 0.1) is 0 Å². The first-order valence-corrected chi connectivity index (χ1v) is 9.55. The summed E-state index contributed by atoms with van der Waals surface area (Å²) in [5.74, 6) is 0. The number of sulfone groups is 1. The summed E-state index contributed by atoms with van der Waals surface area (Å²) < 4.78 is 29.0. The maximum Gasteiger partial charge on any atom is 0.175 e. The highest BCUT2D eigenvalue weighted by Gasteiger charge is 2.22. The third-order valence-corrected chi connectivity index (χ3v) is 5.14. The van der Waals surface area contributed by atoms with Gasteiger partial charge in [-0.2, -0.15) is 0 Å². The van der Waals surface area contributed by atoms with Crippen molar-refractivity contribution in [2.75, 3.05) is 18.2 Å². The second-order valence-electron chi connectivity index (χ2n) is 5.56. The van der Waals surface area contributed by atoms with Gasteiger partial charge in [-0.3, -0.25) is 0 Å². The average molecular weight is 332 g/mol. The molecule has 1 aliphatic rings. The minimum atomic E-state index is -3.23. The molecular weight excluding hydrogens is 310 g/mol. The molecule has 1 heterocycles. The summed E-state index contributed by atoms with van der Waals surface area (Å²) in [5.41, 5.74) is 0.682. The third-order valence-electron chi connectivity index (χ3n) is 3.70. The Bertz CT molecular complexity index is 587. The van der Waals surface area contributed by atoms with Crippen LogP contribution < -0.4 is 5.32 Å². The Balaban J connectivity index is 2.12. The van der Waals surface area contributed by atoms with Gasteiger partial charge in [0.05, 0.1) is 21.7 Å². The van der Waals surface area contributed by atoms with Crippen LogP contribution in [-0.4, -0.2) is 33.4 Å². The van der Waals surface area contributed by atoms with Crippen LogP contribution in [-0.2, 0) is 14.6 Å². The highest BCUT2D eigenvalue weighted by molar-refractivity contribution is 7.90. The molecule has 1 aliphatic heterocycles. The molecule has 2 unspecified atom stereocenters. The van der Waals surface area contributed by atoms with Gasteiger partial charge in [0.15, 0.2) is 9.84 Å². The Hall–Kier alpha value is -0.780. The van der Waals surface area contributed by atoms with E-state index in [0.29, 0.717) is 10.7 Å². The molecule has 4 nitrogen and oxygen atoms in total. The summed E-state index contributed by atoms with van der Waals surface area (Å²) in [4.78, 5) is 0.284. The molecule has 0 aliphatic carbocycles. The van der Waals surface area contributed by atoms with E-state index in [1.54, 1.807) is 12.1 Å². The zero-order valence-corrected chi connectivity index (χ0v) is 14.0. The molecule has 1 saturated heterocycles. The quantitative estimate of drug-likeness (QED) is 0.897.